The van der Waals surface area contributed by atoms with Crippen LogP contribution in [0.4, 0.5) is 23.7 Å². The van der Waals surface area contributed by atoms with Crippen LogP contribution in [-0.4, -0.2) is 37.3 Å². The van der Waals surface area contributed by atoms with E-state index in [0.29, 0.717) is 41.5 Å². The van der Waals surface area contributed by atoms with Crippen LogP contribution in [0.1, 0.15) is 6.42 Å². The monoisotopic (exact) mass is 494 g/mol. The summed E-state index contributed by atoms with van der Waals surface area (Å²) >= 11 is 1.40. The van der Waals surface area contributed by atoms with E-state index in [4.69, 9.17) is 9.47 Å². The van der Waals surface area contributed by atoms with Crippen molar-refractivity contribution in [3.8, 4) is 28.5 Å². The average Bonchev–Trinajstić information content (AvgIpc) is 3.43. The number of amides is 2. The molecule has 12 heteroatoms. The molecule has 2 amide bonds. The number of carbonyl (C=O) groups is 1. The molecule has 8 nitrogen and oxygen atoms in total. The van der Waals surface area contributed by atoms with Gasteiger partial charge in [0, 0.05) is 31.1 Å². The molecule has 1 aliphatic rings. The number of urea groups is 1. The quantitative estimate of drug-likeness (QED) is 0.477. The van der Waals surface area contributed by atoms with Gasteiger partial charge in [0.25, 0.3) is 0 Å². The molecule has 34 heavy (non-hydrogen) atoms. The van der Waals surface area contributed by atoms with Crippen molar-refractivity contribution in [3.63, 3.8) is 0 Å². The third-order valence-electron chi connectivity index (χ3n) is 4.83. The number of fused-ring (bicyclic) bond motifs is 1. The van der Waals surface area contributed by atoms with Gasteiger partial charge in [-0.15, -0.1) is 24.5 Å². The molecule has 0 aliphatic carbocycles. The van der Waals surface area contributed by atoms with Gasteiger partial charge in [0.1, 0.15) is 5.75 Å². The van der Waals surface area contributed by atoms with Gasteiger partial charge < -0.3 is 29.4 Å². The van der Waals surface area contributed by atoms with Gasteiger partial charge in [-0.05, 0) is 48.9 Å². The molecule has 0 fully saturated rings. The molecule has 2 heterocycles. The zero-order valence-corrected chi connectivity index (χ0v) is 18.8. The van der Waals surface area contributed by atoms with Crippen molar-refractivity contribution < 1.29 is 32.2 Å². The van der Waals surface area contributed by atoms with E-state index >= 15 is 0 Å². The van der Waals surface area contributed by atoms with E-state index < -0.39 is 6.36 Å². The number of nitrogens with one attached hydrogen (secondary N) is 2. The number of benzene rings is 2. The van der Waals surface area contributed by atoms with Crippen molar-refractivity contribution in [1.82, 2.24) is 15.2 Å². The van der Waals surface area contributed by atoms with E-state index in [9.17, 15) is 18.0 Å². The summed E-state index contributed by atoms with van der Waals surface area (Å²) in [6.45, 7) is 1.17. The van der Waals surface area contributed by atoms with Crippen molar-refractivity contribution in [2.75, 3.05) is 20.4 Å². The second-order valence-electron chi connectivity index (χ2n) is 7.14. The summed E-state index contributed by atoms with van der Waals surface area (Å²) in [5, 5.41) is 7.20. The first kappa shape index (κ1) is 23.5. The summed E-state index contributed by atoms with van der Waals surface area (Å²) < 4.78 is 54.0. The molecule has 0 radical (unpaired) electrons. The Kier molecular flexibility index (Phi) is 6.96. The van der Waals surface area contributed by atoms with E-state index in [1.54, 1.807) is 7.05 Å². The first-order valence-electron chi connectivity index (χ1n) is 10.3. The molecule has 0 saturated heterocycles. The lowest BCUT2D eigenvalue weighted by Crippen LogP contribution is -2.34. The topological polar surface area (TPSA) is 86.1 Å². The van der Waals surface area contributed by atoms with E-state index in [0.717, 1.165) is 11.3 Å². The van der Waals surface area contributed by atoms with Crippen LogP contribution in [0, 0.1) is 0 Å². The van der Waals surface area contributed by atoms with Crippen LogP contribution in [0.15, 0.2) is 52.8 Å². The normalized spacial score (nSPS) is 13.1. The molecule has 1 aliphatic heterocycles. The van der Waals surface area contributed by atoms with Crippen LogP contribution in [0.25, 0.3) is 11.3 Å². The van der Waals surface area contributed by atoms with Gasteiger partial charge in [0.15, 0.2) is 16.3 Å². The molecule has 180 valence electrons. The molecule has 0 unspecified atom stereocenters. The predicted octanol–water partition coefficient (Wildman–Crippen LogP) is 4.40. The lowest BCUT2D eigenvalue weighted by Gasteiger charge is -2.11. The summed E-state index contributed by atoms with van der Waals surface area (Å²) in [5.41, 5.74) is 2.26. The van der Waals surface area contributed by atoms with Crippen LogP contribution in [0.5, 0.6) is 17.2 Å². The van der Waals surface area contributed by atoms with Crippen molar-refractivity contribution >= 4 is 23.1 Å². The number of nitrogens with zero attached hydrogens (tertiary/aromatic N) is 2. The number of thiazole rings is 1. The number of hydrogen-bond donors (Lipinski definition) is 2. The zero-order chi connectivity index (χ0) is 24.1. The highest BCUT2D eigenvalue weighted by molar-refractivity contribution is 7.07. The largest absolute Gasteiger partial charge is 0.573 e. The highest BCUT2D eigenvalue weighted by atomic mass is 32.1. The Morgan fingerprint density at radius 3 is 2.68 bits per heavy atom. The molecule has 1 aromatic heterocycles. The SMILES string of the molecule is CNC(=O)NCCCn1c(-c2ccc3c(c2)OCO3)cs/c1=N\c1ccc(OC(F)(F)F)cc1. The van der Waals surface area contributed by atoms with Crippen LogP contribution in [0.2, 0.25) is 0 Å². The van der Waals surface area contributed by atoms with Crippen molar-refractivity contribution in [3.05, 3.63) is 52.6 Å². The predicted molar refractivity (Wildman–Crippen MR) is 119 cm³/mol. The minimum atomic E-state index is -4.75. The highest BCUT2D eigenvalue weighted by Crippen LogP contribution is 2.36. The fraction of sp³-hybridized carbons (Fsp3) is 0.273. The van der Waals surface area contributed by atoms with Crippen LogP contribution in [0.3, 0.4) is 0 Å². The molecule has 0 bridgehead atoms. The van der Waals surface area contributed by atoms with Gasteiger partial charge in [-0.2, -0.15) is 0 Å². The summed E-state index contributed by atoms with van der Waals surface area (Å²) in [6.07, 6.45) is -4.12. The van der Waals surface area contributed by atoms with Crippen LogP contribution < -0.4 is 29.6 Å². The van der Waals surface area contributed by atoms with E-state index in [1.807, 2.05) is 28.1 Å². The number of hydrogen-bond acceptors (Lipinski definition) is 6. The van der Waals surface area contributed by atoms with Crippen LogP contribution in [-0.2, 0) is 6.54 Å². The molecule has 2 N–H and O–H groups in total. The molecule has 4 rings (SSSR count). The lowest BCUT2D eigenvalue weighted by atomic mass is 10.1. The first-order valence-corrected chi connectivity index (χ1v) is 11.1. The summed E-state index contributed by atoms with van der Waals surface area (Å²) in [4.78, 5) is 16.7. The van der Waals surface area contributed by atoms with Gasteiger partial charge >= 0.3 is 12.4 Å². The second-order valence-corrected chi connectivity index (χ2v) is 7.97. The number of aromatic nitrogens is 1. The molecular formula is C22H21F3N4O4S. The fourth-order valence-corrected chi connectivity index (χ4v) is 4.24. The van der Waals surface area contributed by atoms with Crippen molar-refractivity contribution in [2.45, 2.75) is 19.3 Å². The lowest BCUT2D eigenvalue weighted by molar-refractivity contribution is -0.274. The molecule has 0 spiro atoms. The Morgan fingerprint density at radius 1 is 1.18 bits per heavy atom. The second kappa shape index (κ2) is 10.1. The average molecular weight is 494 g/mol. The zero-order valence-electron chi connectivity index (χ0n) is 18.0. The Labute approximate surface area is 196 Å². The maximum absolute atomic E-state index is 12.4. The minimum absolute atomic E-state index is 0.169. The number of rotatable bonds is 7. The van der Waals surface area contributed by atoms with Gasteiger partial charge in [0.2, 0.25) is 6.79 Å². The van der Waals surface area contributed by atoms with Gasteiger partial charge in [0.05, 0.1) is 11.4 Å². The van der Waals surface area contributed by atoms with Gasteiger partial charge in [-0.25, -0.2) is 9.79 Å². The Hall–Kier alpha value is -3.67. The molecule has 0 atom stereocenters. The molecular weight excluding hydrogens is 473 g/mol. The highest BCUT2D eigenvalue weighted by Gasteiger charge is 2.30. The standard InChI is InChI=1S/C22H21F3N4O4S/c1-26-20(30)27-9-2-10-29-17(14-3-8-18-19(11-14)32-13-31-18)12-34-21(29)28-15-4-6-16(7-5-15)33-22(23,24)25/h3-8,11-12H,2,9-10,13H2,1H3,(H2,26,27,30)/b28-21-. The van der Waals surface area contributed by atoms with E-state index in [1.165, 1.54) is 35.6 Å². The first-order chi connectivity index (χ1) is 16.3. The number of alkyl halides is 3. The number of ether oxygens (including phenoxy) is 3. The van der Waals surface area contributed by atoms with E-state index in [-0.39, 0.29) is 18.6 Å². The van der Waals surface area contributed by atoms with Crippen molar-refractivity contribution in [2.24, 2.45) is 4.99 Å². The number of carbonyl (C=O) groups excluding carboxylic acids is 1. The van der Waals surface area contributed by atoms with Gasteiger partial charge in [-0.3, -0.25) is 0 Å². The minimum Gasteiger partial charge on any atom is -0.454 e. The maximum atomic E-state index is 12.4. The molecule has 0 saturated carbocycles. The third kappa shape index (κ3) is 5.81. The summed E-state index contributed by atoms with van der Waals surface area (Å²) in [7, 11) is 1.54. The fourth-order valence-electron chi connectivity index (χ4n) is 3.28. The summed E-state index contributed by atoms with van der Waals surface area (Å²) in [6, 6.07) is 10.7. The summed E-state index contributed by atoms with van der Waals surface area (Å²) in [5.74, 6) is 1.01. The Balaban J connectivity index is 1.63. The van der Waals surface area contributed by atoms with Crippen LogP contribution >= 0.6 is 11.3 Å². The Bertz CT molecular complexity index is 1220. The van der Waals surface area contributed by atoms with Gasteiger partial charge in [-0.1, -0.05) is 0 Å². The Morgan fingerprint density at radius 2 is 1.94 bits per heavy atom. The smallest absolute Gasteiger partial charge is 0.454 e. The third-order valence-corrected chi connectivity index (χ3v) is 5.70. The number of halogens is 3. The van der Waals surface area contributed by atoms with Crippen molar-refractivity contribution in [1.29, 1.82) is 0 Å². The maximum Gasteiger partial charge on any atom is 0.573 e. The van der Waals surface area contributed by atoms with E-state index in [2.05, 4.69) is 20.4 Å². The molecule has 3 aromatic rings. The molecule has 2 aromatic carbocycles.